The third-order valence-corrected chi connectivity index (χ3v) is 2.83. The molecular formula is C11H14N4O. The Balaban J connectivity index is 1.64. The Morgan fingerprint density at radius 3 is 3.12 bits per heavy atom. The van der Waals surface area contributed by atoms with E-state index in [9.17, 15) is 4.79 Å². The normalized spacial score (nSPS) is 15.6. The van der Waals surface area contributed by atoms with Crippen LogP contribution in [0, 0.1) is 17.2 Å². The van der Waals surface area contributed by atoms with Crippen molar-refractivity contribution < 1.29 is 4.79 Å². The number of nitrogens with zero attached hydrogens (tertiary/aromatic N) is 3. The van der Waals surface area contributed by atoms with Gasteiger partial charge in [-0.3, -0.25) is 9.89 Å². The number of H-pyrrole nitrogens is 1. The maximum atomic E-state index is 11.6. The number of nitriles is 1. The molecule has 1 aromatic heterocycles. The van der Waals surface area contributed by atoms with E-state index in [4.69, 9.17) is 5.26 Å². The first-order valence-electron chi connectivity index (χ1n) is 5.44. The second kappa shape index (κ2) is 4.79. The summed E-state index contributed by atoms with van der Waals surface area (Å²) in [6.45, 7) is 1.22. The molecule has 2 rings (SSSR count). The van der Waals surface area contributed by atoms with Crippen LogP contribution in [-0.4, -0.2) is 34.1 Å². The number of hydrogen-bond donors (Lipinski definition) is 1. The summed E-state index contributed by atoms with van der Waals surface area (Å²) in [5, 5.41) is 15.2. The topological polar surface area (TPSA) is 72.8 Å². The molecule has 2 heterocycles. The number of rotatable bonds is 4. The molecule has 0 unspecified atom stereocenters. The first-order valence-corrected chi connectivity index (χ1v) is 5.44. The Kier molecular flexibility index (Phi) is 3.20. The molecule has 0 radical (unpaired) electrons. The summed E-state index contributed by atoms with van der Waals surface area (Å²) < 4.78 is 0. The first-order chi connectivity index (χ1) is 7.79. The predicted molar refractivity (Wildman–Crippen MR) is 57.2 cm³/mol. The van der Waals surface area contributed by atoms with Crippen LogP contribution in [0.4, 0.5) is 0 Å². The average Bonchev–Trinajstić information content (AvgIpc) is 2.69. The third kappa shape index (κ3) is 2.40. The van der Waals surface area contributed by atoms with Crippen LogP contribution in [0.25, 0.3) is 0 Å². The van der Waals surface area contributed by atoms with Gasteiger partial charge in [-0.15, -0.1) is 0 Å². The third-order valence-electron chi connectivity index (χ3n) is 2.83. The Labute approximate surface area is 94.1 Å². The molecule has 0 spiro atoms. The summed E-state index contributed by atoms with van der Waals surface area (Å²) in [7, 11) is 0. The summed E-state index contributed by atoms with van der Waals surface area (Å²) in [6.07, 6.45) is 5.90. The molecule has 5 heteroatoms. The van der Waals surface area contributed by atoms with Crippen LogP contribution in [0.5, 0.6) is 0 Å². The maximum Gasteiger partial charge on any atom is 0.222 e. The minimum Gasteiger partial charge on any atom is -0.340 e. The van der Waals surface area contributed by atoms with Crippen molar-refractivity contribution in [1.29, 1.82) is 5.26 Å². The highest BCUT2D eigenvalue weighted by Crippen LogP contribution is 2.16. The zero-order chi connectivity index (χ0) is 11.4. The van der Waals surface area contributed by atoms with E-state index in [0.29, 0.717) is 19.5 Å². The van der Waals surface area contributed by atoms with Gasteiger partial charge in [0.05, 0.1) is 18.2 Å². The van der Waals surface area contributed by atoms with E-state index in [-0.39, 0.29) is 11.8 Å². The zero-order valence-electron chi connectivity index (χ0n) is 9.02. The number of carbonyl (C=O) groups excluding carboxylic acids is 1. The molecule has 1 aliphatic heterocycles. The van der Waals surface area contributed by atoms with E-state index >= 15 is 0 Å². The van der Waals surface area contributed by atoms with Crippen molar-refractivity contribution in [2.24, 2.45) is 5.92 Å². The van der Waals surface area contributed by atoms with Crippen molar-refractivity contribution in [3.8, 4) is 6.07 Å². The number of aromatic nitrogens is 2. The van der Waals surface area contributed by atoms with E-state index in [1.807, 2.05) is 6.20 Å². The molecule has 84 valence electrons. The standard InChI is InChI=1S/C11H14N4O/c12-4-10-7-15(8-10)11(16)3-1-2-9-5-13-14-6-9/h5-6,10H,1-3,7-8H2,(H,13,14). The Bertz CT molecular complexity index is 387. The Morgan fingerprint density at radius 1 is 1.69 bits per heavy atom. The van der Waals surface area contributed by atoms with Crippen molar-refractivity contribution in [1.82, 2.24) is 15.1 Å². The fraction of sp³-hybridized carbons (Fsp3) is 0.545. The van der Waals surface area contributed by atoms with Gasteiger partial charge in [0.2, 0.25) is 5.91 Å². The van der Waals surface area contributed by atoms with E-state index < -0.39 is 0 Å². The van der Waals surface area contributed by atoms with Gasteiger partial charge in [-0.2, -0.15) is 10.4 Å². The summed E-state index contributed by atoms with van der Waals surface area (Å²) in [5.41, 5.74) is 1.13. The van der Waals surface area contributed by atoms with Gasteiger partial charge in [-0.1, -0.05) is 0 Å². The lowest BCUT2D eigenvalue weighted by atomic mass is 10.0. The molecular weight excluding hydrogens is 204 g/mol. The molecule has 1 aliphatic rings. The SMILES string of the molecule is N#CC1CN(C(=O)CCCc2cn[nH]c2)C1. The summed E-state index contributed by atoms with van der Waals surface area (Å²) in [6, 6.07) is 2.16. The summed E-state index contributed by atoms with van der Waals surface area (Å²) >= 11 is 0. The monoisotopic (exact) mass is 218 g/mol. The predicted octanol–water partition coefficient (Wildman–Crippen LogP) is 0.714. The van der Waals surface area contributed by atoms with Crippen LogP contribution >= 0.6 is 0 Å². The molecule has 0 atom stereocenters. The lowest BCUT2D eigenvalue weighted by molar-refractivity contribution is -0.136. The second-order valence-electron chi connectivity index (χ2n) is 4.08. The van der Waals surface area contributed by atoms with Crippen LogP contribution in [0.1, 0.15) is 18.4 Å². The smallest absolute Gasteiger partial charge is 0.222 e. The number of aryl methyl sites for hydroxylation is 1. The van der Waals surface area contributed by atoms with Crippen molar-refractivity contribution >= 4 is 5.91 Å². The van der Waals surface area contributed by atoms with E-state index in [1.54, 1.807) is 11.1 Å². The molecule has 1 aromatic rings. The molecule has 0 bridgehead atoms. The van der Waals surface area contributed by atoms with Gasteiger partial charge >= 0.3 is 0 Å². The number of carbonyl (C=O) groups is 1. The van der Waals surface area contributed by atoms with Gasteiger partial charge in [-0.05, 0) is 18.4 Å². The van der Waals surface area contributed by atoms with Crippen LogP contribution in [0.15, 0.2) is 12.4 Å². The summed E-state index contributed by atoms with van der Waals surface area (Å²) in [5.74, 6) is 0.216. The largest absolute Gasteiger partial charge is 0.340 e. The van der Waals surface area contributed by atoms with Gasteiger partial charge in [-0.25, -0.2) is 0 Å². The molecule has 16 heavy (non-hydrogen) atoms. The fourth-order valence-electron chi connectivity index (χ4n) is 1.78. The summed E-state index contributed by atoms with van der Waals surface area (Å²) in [4.78, 5) is 13.4. The lowest BCUT2D eigenvalue weighted by Crippen LogP contribution is -2.49. The molecule has 0 aliphatic carbocycles. The number of nitrogens with one attached hydrogen (secondary N) is 1. The molecule has 0 aromatic carbocycles. The molecule has 0 saturated carbocycles. The zero-order valence-corrected chi connectivity index (χ0v) is 9.02. The number of likely N-dealkylation sites (tertiary alicyclic amines) is 1. The lowest BCUT2D eigenvalue weighted by Gasteiger charge is -2.35. The van der Waals surface area contributed by atoms with Crippen LogP contribution < -0.4 is 0 Å². The average molecular weight is 218 g/mol. The Morgan fingerprint density at radius 2 is 2.50 bits per heavy atom. The minimum atomic E-state index is 0.0535. The van der Waals surface area contributed by atoms with Crippen LogP contribution in [0.3, 0.4) is 0 Å². The van der Waals surface area contributed by atoms with Gasteiger partial charge in [0.25, 0.3) is 0 Å². The van der Waals surface area contributed by atoms with Gasteiger partial charge in [0.1, 0.15) is 0 Å². The molecule has 1 N–H and O–H groups in total. The van der Waals surface area contributed by atoms with E-state index in [0.717, 1.165) is 18.4 Å². The molecule has 1 saturated heterocycles. The van der Waals surface area contributed by atoms with E-state index in [2.05, 4.69) is 16.3 Å². The fourth-order valence-corrected chi connectivity index (χ4v) is 1.78. The number of aromatic amines is 1. The van der Waals surface area contributed by atoms with E-state index in [1.165, 1.54) is 0 Å². The Hall–Kier alpha value is -1.83. The van der Waals surface area contributed by atoms with Crippen LogP contribution in [0.2, 0.25) is 0 Å². The second-order valence-corrected chi connectivity index (χ2v) is 4.08. The highest BCUT2D eigenvalue weighted by atomic mass is 16.2. The van der Waals surface area contributed by atoms with Crippen LogP contribution in [-0.2, 0) is 11.2 Å². The van der Waals surface area contributed by atoms with Gasteiger partial charge < -0.3 is 4.90 Å². The molecule has 1 amide bonds. The van der Waals surface area contributed by atoms with Gasteiger partial charge in [0, 0.05) is 25.7 Å². The highest BCUT2D eigenvalue weighted by Gasteiger charge is 2.29. The van der Waals surface area contributed by atoms with Gasteiger partial charge in [0.15, 0.2) is 0 Å². The molecule has 1 fully saturated rings. The first kappa shape index (κ1) is 10.7. The quantitative estimate of drug-likeness (QED) is 0.809. The van der Waals surface area contributed by atoms with Crippen molar-refractivity contribution in [3.63, 3.8) is 0 Å². The van der Waals surface area contributed by atoms with Crippen molar-refractivity contribution in [2.75, 3.05) is 13.1 Å². The number of hydrogen-bond acceptors (Lipinski definition) is 3. The number of amides is 1. The highest BCUT2D eigenvalue weighted by molar-refractivity contribution is 5.77. The molecule has 5 nitrogen and oxygen atoms in total. The van der Waals surface area contributed by atoms with Crippen molar-refractivity contribution in [2.45, 2.75) is 19.3 Å². The maximum absolute atomic E-state index is 11.6. The van der Waals surface area contributed by atoms with Crippen molar-refractivity contribution in [3.05, 3.63) is 18.0 Å². The minimum absolute atomic E-state index is 0.0535.